The molecule has 0 aromatic heterocycles. The Balaban J connectivity index is 4.38. The van der Waals surface area contributed by atoms with Gasteiger partial charge in [0.2, 0.25) is 0 Å². The first kappa shape index (κ1) is 15.9. The molecule has 0 saturated carbocycles. The van der Waals surface area contributed by atoms with Gasteiger partial charge in [-0.1, -0.05) is 13.3 Å². The number of rotatable bonds is 9. The van der Waals surface area contributed by atoms with Crippen LogP contribution in [0.2, 0.25) is 0 Å². The Morgan fingerprint density at radius 3 is 2.31 bits per heavy atom. The van der Waals surface area contributed by atoms with E-state index in [2.05, 4.69) is 13.6 Å². The van der Waals surface area contributed by atoms with Gasteiger partial charge >= 0.3 is 13.9 Å². The summed E-state index contributed by atoms with van der Waals surface area (Å²) in [7, 11) is -4.38. The minimum absolute atomic E-state index is 0.0455. The third-order valence-corrected chi connectivity index (χ3v) is 3.00. The zero-order valence-electron chi connectivity index (χ0n) is 9.25. The van der Waals surface area contributed by atoms with Crippen molar-refractivity contribution in [2.75, 3.05) is 19.9 Å². The standard InChI is InChI=1S/C8H16F3O4P/c1-3-5-6-14-16(12,13-4-2)15-8(10,11)7-9/h3-7H2,1-2H3. The molecule has 0 aromatic carbocycles. The Morgan fingerprint density at radius 1 is 1.25 bits per heavy atom. The number of alkyl halides is 3. The van der Waals surface area contributed by atoms with Crippen molar-refractivity contribution >= 4 is 7.82 Å². The van der Waals surface area contributed by atoms with Crippen molar-refractivity contribution in [2.24, 2.45) is 0 Å². The van der Waals surface area contributed by atoms with Gasteiger partial charge in [-0.25, -0.2) is 13.5 Å². The highest BCUT2D eigenvalue weighted by Gasteiger charge is 2.42. The van der Waals surface area contributed by atoms with Gasteiger partial charge in [-0.15, -0.1) is 0 Å². The predicted octanol–water partition coefficient (Wildman–Crippen LogP) is 3.53. The first-order valence-electron chi connectivity index (χ1n) is 4.92. The van der Waals surface area contributed by atoms with E-state index in [0.717, 1.165) is 6.42 Å². The fourth-order valence-corrected chi connectivity index (χ4v) is 1.98. The lowest BCUT2D eigenvalue weighted by Gasteiger charge is -2.21. The molecular weight excluding hydrogens is 248 g/mol. The van der Waals surface area contributed by atoms with Crippen LogP contribution < -0.4 is 0 Å². The predicted molar refractivity (Wildman–Crippen MR) is 52.1 cm³/mol. The molecular formula is C8H16F3O4P. The SMILES string of the molecule is CCCCOP(=O)(OCC)OC(F)(F)CF. The van der Waals surface area contributed by atoms with E-state index < -0.39 is 20.6 Å². The Morgan fingerprint density at radius 2 is 1.88 bits per heavy atom. The zero-order valence-corrected chi connectivity index (χ0v) is 10.1. The maximum absolute atomic E-state index is 12.6. The molecule has 98 valence electrons. The smallest absolute Gasteiger partial charge is 0.287 e. The Hall–Kier alpha value is -0.100. The average Bonchev–Trinajstić information content (AvgIpc) is 2.17. The van der Waals surface area contributed by atoms with Gasteiger partial charge in [-0.2, -0.15) is 8.78 Å². The highest BCUT2D eigenvalue weighted by atomic mass is 31.2. The largest absolute Gasteiger partial charge is 0.479 e. The third kappa shape index (κ3) is 6.48. The molecule has 16 heavy (non-hydrogen) atoms. The van der Waals surface area contributed by atoms with Crippen molar-refractivity contribution in [3.63, 3.8) is 0 Å². The third-order valence-electron chi connectivity index (χ3n) is 1.44. The zero-order chi connectivity index (χ0) is 12.7. The fourth-order valence-electron chi connectivity index (χ4n) is 0.757. The van der Waals surface area contributed by atoms with Crippen LogP contribution in [-0.2, 0) is 18.1 Å². The van der Waals surface area contributed by atoms with E-state index in [4.69, 9.17) is 0 Å². The second-order valence-corrected chi connectivity index (χ2v) is 4.51. The van der Waals surface area contributed by atoms with Crippen LogP contribution in [0.15, 0.2) is 0 Å². The normalized spacial score (nSPS) is 16.1. The molecule has 1 unspecified atom stereocenters. The van der Waals surface area contributed by atoms with E-state index in [-0.39, 0.29) is 13.2 Å². The summed E-state index contributed by atoms with van der Waals surface area (Å²) in [5.41, 5.74) is 0. The molecule has 0 amide bonds. The van der Waals surface area contributed by atoms with E-state index in [9.17, 15) is 17.7 Å². The van der Waals surface area contributed by atoms with Crippen molar-refractivity contribution in [3.05, 3.63) is 0 Å². The number of phosphoric acid groups is 1. The van der Waals surface area contributed by atoms with Gasteiger partial charge in [0.25, 0.3) is 0 Å². The number of unbranched alkanes of at least 4 members (excludes halogenated alkanes) is 1. The second-order valence-electron chi connectivity index (χ2n) is 2.91. The monoisotopic (exact) mass is 264 g/mol. The summed E-state index contributed by atoms with van der Waals surface area (Å²) in [5, 5.41) is 0. The summed E-state index contributed by atoms with van der Waals surface area (Å²) >= 11 is 0. The minimum atomic E-state index is -4.38. The number of halogens is 3. The fraction of sp³-hybridized carbons (Fsp3) is 1.00. The highest BCUT2D eigenvalue weighted by molar-refractivity contribution is 7.48. The first-order chi connectivity index (χ1) is 7.39. The molecule has 0 fully saturated rings. The van der Waals surface area contributed by atoms with Gasteiger partial charge in [0.1, 0.15) is 0 Å². The minimum Gasteiger partial charge on any atom is -0.287 e. The van der Waals surface area contributed by atoms with Crippen LogP contribution in [0.3, 0.4) is 0 Å². The molecule has 0 heterocycles. The molecule has 0 aliphatic rings. The summed E-state index contributed by atoms with van der Waals surface area (Å²) in [6.07, 6.45) is -2.91. The van der Waals surface area contributed by atoms with Gasteiger partial charge in [-0.05, 0) is 13.3 Å². The van der Waals surface area contributed by atoms with Crippen molar-refractivity contribution in [3.8, 4) is 0 Å². The van der Waals surface area contributed by atoms with Crippen LogP contribution >= 0.6 is 7.82 Å². The van der Waals surface area contributed by atoms with Crippen molar-refractivity contribution in [1.29, 1.82) is 0 Å². The molecule has 8 heteroatoms. The van der Waals surface area contributed by atoms with Crippen LogP contribution in [0.1, 0.15) is 26.7 Å². The van der Waals surface area contributed by atoms with Crippen molar-refractivity contribution < 1.29 is 31.3 Å². The molecule has 0 aromatic rings. The molecule has 0 aliphatic carbocycles. The van der Waals surface area contributed by atoms with Crippen molar-refractivity contribution in [1.82, 2.24) is 0 Å². The maximum atomic E-state index is 12.6. The lowest BCUT2D eigenvalue weighted by molar-refractivity contribution is -0.199. The second kappa shape index (κ2) is 7.27. The molecule has 0 radical (unpaired) electrons. The van der Waals surface area contributed by atoms with Crippen molar-refractivity contribution in [2.45, 2.75) is 32.8 Å². The lowest BCUT2D eigenvalue weighted by atomic mass is 10.4. The van der Waals surface area contributed by atoms with Crippen LogP contribution in [0, 0.1) is 0 Å². The molecule has 0 spiro atoms. The summed E-state index contributed by atoms with van der Waals surface area (Å²) in [6.45, 7) is 1.02. The van der Waals surface area contributed by atoms with E-state index >= 15 is 0 Å². The molecule has 0 saturated heterocycles. The van der Waals surface area contributed by atoms with Crippen LogP contribution in [0.4, 0.5) is 13.2 Å². The van der Waals surface area contributed by atoms with Gasteiger partial charge in [0, 0.05) is 0 Å². The Labute approximate surface area is 92.7 Å². The van der Waals surface area contributed by atoms with E-state index in [1.165, 1.54) is 6.92 Å². The summed E-state index contributed by atoms with van der Waals surface area (Å²) in [6, 6.07) is 0. The maximum Gasteiger partial charge on any atom is 0.479 e. The summed E-state index contributed by atoms with van der Waals surface area (Å²) < 4.78 is 61.3. The summed E-state index contributed by atoms with van der Waals surface area (Å²) in [4.78, 5) is 0. The Bertz CT molecular complexity index is 237. The number of phosphoric ester groups is 1. The Kier molecular flexibility index (Phi) is 7.22. The topological polar surface area (TPSA) is 44.8 Å². The molecule has 0 aliphatic heterocycles. The van der Waals surface area contributed by atoms with E-state index in [0.29, 0.717) is 6.42 Å². The van der Waals surface area contributed by atoms with Crippen LogP contribution in [-0.4, -0.2) is 26.0 Å². The number of hydrogen-bond acceptors (Lipinski definition) is 4. The van der Waals surface area contributed by atoms with Gasteiger partial charge in [0.05, 0.1) is 13.2 Å². The van der Waals surface area contributed by atoms with Gasteiger partial charge in [-0.3, -0.25) is 9.05 Å². The molecule has 1 atom stereocenters. The first-order valence-corrected chi connectivity index (χ1v) is 6.39. The van der Waals surface area contributed by atoms with Crippen LogP contribution in [0.25, 0.3) is 0 Å². The molecule has 0 N–H and O–H groups in total. The lowest BCUT2D eigenvalue weighted by Crippen LogP contribution is -2.23. The molecule has 4 nitrogen and oxygen atoms in total. The average molecular weight is 264 g/mol. The van der Waals surface area contributed by atoms with Crippen LogP contribution in [0.5, 0.6) is 0 Å². The van der Waals surface area contributed by atoms with Gasteiger partial charge in [0.15, 0.2) is 6.67 Å². The van der Waals surface area contributed by atoms with E-state index in [1.54, 1.807) is 0 Å². The molecule has 0 rings (SSSR count). The number of hydrogen-bond donors (Lipinski definition) is 0. The summed E-state index contributed by atoms with van der Waals surface area (Å²) in [5.74, 6) is 0. The molecule has 0 bridgehead atoms. The quantitative estimate of drug-likeness (QED) is 0.472. The van der Waals surface area contributed by atoms with E-state index in [1.807, 2.05) is 6.92 Å². The highest BCUT2D eigenvalue weighted by Crippen LogP contribution is 2.53. The van der Waals surface area contributed by atoms with Gasteiger partial charge < -0.3 is 0 Å².